The van der Waals surface area contributed by atoms with E-state index in [1.165, 1.54) is 19.4 Å². The lowest BCUT2D eigenvalue weighted by Gasteiger charge is -2.42. The highest BCUT2D eigenvalue weighted by Gasteiger charge is 2.32. The molecule has 204 valence electrons. The number of furan rings is 1. The number of carbonyl (C=O) groups excluding carboxylic acids is 1. The van der Waals surface area contributed by atoms with Crippen LogP contribution in [0.2, 0.25) is 19.6 Å². The summed E-state index contributed by atoms with van der Waals surface area (Å²) in [6, 6.07) is 10.2. The number of amides is 1. The number of rotatable bonds is 10. The maximum absolute atomic E-state index is 12.9. The molecule has 1 aliphatic heterocycles. The number of methoxy groups -OCH3 is 2. The fourth-order valence-corrected chi connectivity index (χ4v) is 5.18. The first-order valence-electron chi connectivity index (χ1n) is 12.6. The zero-order valence-electron chi connectivity index (χ0n) is 23.4. The topological polar surface area (TPSA) is 102 Å². The third-order valence-electron chi connectivity index (χ3n) is 6.59. The van der Waals surface area contributed by atoms with Gasteiger partial charge >= 0.3 is 0 Å². The van der Waals surface area contributed by atoms with Gasteiger partial charge in [0.2, 0.25) is 23.6 Å². The molecule has 0 saturated carbocycles. The second kappa shape index (κ2) is 11.0. The summed E-state index contributed by atoms with van der Waals surface area (Å²) in [4.78, 5) is 26.1. The van der Waals surface area contributed by atoms with Gasteiger partial charge in [-0.15, -0.1) is 0 Å². The van der Waals surface area contributed by atoms with E-state index in [9.17, 15) is 4.79 Å². The molecule has 1 saturated heterocycles. The van der Waals surface area contributed by atoms with E-state index in [1.807, 2.05) is 25.9 Å². The number of anilines is 2. The van der Waals surface area contributed by atoms with Gasteiger partial charge in [-0.25, -0.2) is 0 Å². The van der Waals surface area contributed by atoms with E-state index in [2.05, 4.69) is 58.0 Å². The summed E-state index contributed by atoms with van der Waals surface area (Å²) in [5.74, 6) is 2.17. The van der Waals surface area contributed by atoms with Gasteiger partial charge in [0.05, 0.1) is 28.7 Å². The Bertz CT molecular complexity index is 1270. The lowest BCUT2D eigenvalue weighted by Crippen LogP contribution is -2.58. The number of aryl methyl sites for hydroxylation is 1. The molecule has 10 nitrogen and oxygen atoms in total. The molecule has 2 aromatic heterocycles. The van der Waals surface area contributed by atoms with Crippen molar-refractivity contribution in [3.63, 3.8) is 0 Å². The Labute approximate surface area is 224 Å². The molecule has 0 aliphatic carbocycles. The molecule has 1 aliphatic rings. The summed E-state index contributed by atoms with van der Waals surface area (Å²) in [5, 5.41) is 4.11. The van der Waals surface area contributed by atoms with Crippen LogP contribution in [-0.2, 0) is 11.2 Å². The normalized spacial score (nSPS) is 13.9. The largest absolute Gasteiger partial charge is 0.479 e. The van der Waals surface area contributed by atoms with Crippen molar-refractivity contribution < 1.29 is 23.4 Å². The maximum Gasteiger partial charge on any atom is 0.290 e. The predicted octanol–water partition coefficient (Wildman–Crippen LogP) is 3.66. The molecule has 4 rings (SSSR count). The Hall–Kier alpha value is -3.57. The molecule has 38 heavy (non-hydrogen) atoms. The zero-order valence-corrected chi connectivity index (χ0v) is 24.4. The fourth-order valence-electron chi connectivity index (χ4n) is 4.03. The van der Waals surface area contributed by atoms with Crippen molar-refractivity contribution in [2.75, 3.05) is 51.6 Å². The third-order valence-corrected chi connectivity index (χ3v) is 8.64. The van der Waals surface area contributed by atoms with E-state index >= 15 is 0 Å². The lowest BCUT2D eigenvalue weighted by atomic mass is 10.1. The van der Waals surface area contributed by atoms with Crippen LogP contribution in [0.5, 0.6) is 23.5 Å². The second-order valence-corrected chi connectivity index (χ2v) is 15.8. The van der Waals surface area contributed by atoms with Crippen LogP contribution in [0, 0.1) is 6.92 Å². The molecule has 3 heterocycles. The average molecular weight is 540 g/mol. The van der Waals surface area contributed by atoms with E-state index in [-0.39, 0.29) is 29.8 Å². The van der Waals surface area contributed by atoms with Gasteiger partial charge in [-0.3, -0.25) is 4.79 Å². The van der Waals surface area contributed by atoms with Gasteiger partial charge < -0.3 is 33.7 Å². The number of hydrogen-bond acceptors (Lipinski definition) is 9. The molecule has 0 radical (unpaired) electrons. The summed E-state index contributed by atoms with van der Waals surface area (Å²) >= 11 is 0. The SMILES string of the molecule is COc1nc(N2CC(N(C)C)C2)nc(OC)c1NC(=O)Cc1ccc(Oc2cc([Si](C)(C)C)ccc2C)o1. The van der Waals surface area contributed by atoms with Crippen LogP contribution < -0.4 is 29.6 Å². The van der Waals surface area contributed by atoms with Crippen LogP contribution in [0.4, 0.5) is 11.6 Å². The van der Waals surface area contributed by atoms with Crippen molar-refractivity contribution >= 4 is 30.8 Å². The predicted molar refractivity (Wildman–Crippen MR) is 150 cm³/mol. The van der Waals surface area contributed by atoms with Gasteiger partial charge in [-0.05, 0) is 38.7 Å². The molecular formula is C27H37N5O5Si. The van der Waals surface area contributed by atoms with E-state index in [1.54, 1.807) is 12.1 Å². The Morgan fingerprint density at radius 2 is 1.76 bits per heavy atom. The van der Waals surface area contributed by atoms with Gasteiger partial charge in [0, 0.05) is 25.2 Å². The standard InChI is InChI=1S/C27H37N5O5Si/c1-17-9-11-20(38(6,7)8)14-21(17)37-23-12-10-19(36-23)13-22(33)28-24-25(34-4)29-27(30-26(24)35-5)32-15-18(16-32)31(2)3/h9-12,14,18H,13,15-16H2,1-8H3,(H,28,33). The highest BCUT2D eigenvalue weighted by molar-refractivity contribution is 6.88. The highest BCUT2D eigenvalue weighted by atomic mass is 28.3. The minimum Gasteiger partial charge on any atom is -0.479 e. The summed E-state index contributed by atoms with van der Waals surface area (Å²) in [6.45, 7) is 10.5. The van der Waals surface area contributed by atoms with Gasteiger partial charge in [-0.2, -0.15) is 9.97 Å². The lowest BCUT2D eigenvalue weighted by molar-refractivity contribution is -0.115. The van der Waals surface area contributed by atoms with Crippen LogP contribution in [0.25, 0.3) is 0 Å². The Morgan fingerprint density at radius 3 is 2.34 bits per heavy atom. The number of aromatic nitrogens is 2. The number of carbonyl (C=O) groups is 1. The first kappa shape index (κ1) is 27.5. The molecule has 1 fully saturated rings. The highest BCUT2D eigenvalue weighted by Crippen LogP contribution is 2.35. The van der Waals surface area contributed by atoms with Crippen LogP contribution in [0.1, 0.15) is 11.3 Å². The van der Waals surface area contributed by atoms with E-state index < -0.39 is 8.07 Å². The number of nitrogens with zero attached hydrogens (tertiary/aromatic N) is 4. The summed E-state index contributed by atoms with van der Waals surface area (Å²) in [5.41, 5.74) is 1.29. The second-order valence-electron chi connectivity index (χ2n) is 10.7. The van der Waals surface area contributed by atoms with Crippen molar-refractivity contribution in [3.05, 3.63) is 41.7 Å². The summed E-state index contributed by atoms with van der Waals surface area (Å²) < 4.78 is 22.8. The number of nitrogens with one attached hydrogen (secondary N) is 1. The van der Waals surface area contributed by atoms with Gasteiger partial charge in [0.15, 0.2) is 5.69 Å². The molecule has 0 bridgehead atoms. The molecule has 0 unspecified atom stereocenters. The molecule has 11 heteroatoms. The van der Waals surface area contributed by atoms with E-state index in [0.29, 0.717) is 23.7 Å². The first-order valence-corrected chi connectivity index (χ1v) is 16.1. The van der Waals surface area contributed by atoms with Crippen molar-refractivity contribution in [1.82, 2.24) is 14.9 Å². The quantitative estimate of drug-likeness (QED) is 0.387. The van der Waals surface area contributed by atoms with Crippen molar-refractivity contribution in [3.8, 4) is 23.5 Å². The van der Waals surface area contributed by atoms with Crippen LogP contribution >= 0.6 is 0 Å². The average Bonchev–Trinajstić information content (AvgIpc) is 3.25. The number of benzene rings is 1. The third kappa shape index (κ3) is 6.11. The van der Waals surface area contributed by atoms with Gasteiger partial charge in [0.25, 0.3) is 5.95 Å². The molecule has 1 amide bonds. The Kier molecular flexibility index (Phi) is 7.98. The molecule has 0 atom stereocenters. The molecule has 0 spiro atoms. The van der Waals surface area contributed by atoms with Crippen molar-refractivity contribution in [2.24, 2.45) is 0 Å². The van der Waals surface area contributed by atoms with Crippen LogP contribution in [0.3, 0.4) is 0 Å². The Morgan fingerprint density at radius 1 is 1.11 bits per heavy atom. The minimum atomic E-state index is -1.49. The smallest absolute Gasteiger partial charge is 0.290 e. The zero-order chi connectivity index (χ0) is 27.6. The Balaban J connectivity index is 1.44. The number of ether oxygens (including phenoxy) is 3. The van der Waals surface area contributed by atoms with E-state index in [0.717, 1.165) is 24.4 Å². The first-order chi connectivity index (χ1) is 18.0. The molecule has 1 N–H and O–H groups in total. The van der Waals surface area contributed by atoms with Crippen molar-refractivity contribution in [1.29, 1.82) is 0 Å². The van der Waals surface area contributed by atoms with Crippen LogP contribution in [-0.4, -0.2) is 76.3 Å². The summed E-state index contributed by atoms with van der Waals surface area (Å²) in [6.07, 6.45) is -0.0119. The van der Waals surface area contributed by atoms with E-state index in [4.69, 9.17) is 18.6 Å². The molecular weight excluding hydrogens is 502 g/mol. The summed E-state index contributed by atoms with van der Waals surface area (Å²) in [7, 11) is 5.59. The van der Waals surface area contributed by atoms with Gasteiger partial charge in [0.1, 0.15) is 11.5 Å². The van der Waals surface area contributed by atoms with Crippen LogP contribution in [0.15, 0.2) is 34.7 Å². The minimum absolute atomic E-state index is 0.0119. The van der Waals surface area contributed by atoms with Gasteiger partial charge in [-0.1, -0.05) is 37.0 Å². The van der Waals surface area contributed by atoms with Crippen molar-refractivity contribution in [2.45, 2.75) is 39.0 Å². The number of hydrogen-bond donors (Lipinski definition) is 1. The molecule has 3 aromatic rings. The fraction of sp³-hybridized carbons (Fsp3) is 0.444. The molecule has 1 aromatic carbocycles. The number of likely N-dealkylation sites (N-methyl/N-ethyl adjacent to an activating group) is 1. The maximum atomic E-state index is 12.9. The monoisotopic (exact) mass is 539 g/mol.